The van der Waals surface area contributed by atoms with Crippen LogP contribution in [-0.4, -0.2) is 33.4 Å². The number of amides is 1. The maximum Gasteiger partial charge on any atom is 0.246 e. The van der Waals surface area contributed by atoms with Crippen molar-refractivity contribution < 1.29 is 19.0 Å². The molecule has 0 saturated carbocycles. The molecule has 4 rings (SSSR count). The second kappa shape index (κ2) is 10.3. The number of aliphatic hydroxyl groups excluding tert-OH is 1. The summed E-state index contributed by atoms with van der Waals surface area (Å²) in [4.78, 5) is 12.0. The summed E-state index contributed by atoms with van der Waals surface area (Å²) in [7, 11) is 0. The van der Waals surface area contributed by atoms with E-state index in [0.29, 0.717) is 12.2 Å². The number of hydrogen-bond acceptors (Lipinski definition) is 4. The molecule has 170 valence electrons. The molecule has 2 atom stereocenters. The van der Waals surface area contributed by atoms with Crippen molar-refractivity contribution in [3.05, 3.63) is 90.4 Å². The van der Waals surface area contributed by atoms with E-state index in [1.54, 1.807) is 23.0 Å². The predicted molar refractivity (Wildman–Crippen MR) is 125 cm³/mol. The van der Waals surface area contributed by atoms with Gasteiger partial charge in [-0.15, -0.1) is 0 Å². The summed E-state index contributed by atoms with van der Waals surface area (Å²) >= 11 is 0. The predicted octanol–water partition coefficient (Wildman–Crippen LogP) is 4.56. The van der Waals surface area contributed by atoms with Crippen molar-refractivity contribution in [2.75, 3.05) is 6.61 Å². The standard InChI is InChI=1S/C26H26FN3O3/c1-2-6-23(29-25(32)17-31)26(18-7-4-3-5-8-18)33-22-13-14-24-19(15-22)16-28-30(24)21-11-9-20(27)10-12-21/h3-5,7-16,23,26,31H,2,6,17H2,1H3,(H,29,32)/t23-,26+/m0/s1. The zero-order valence-electron chi connectivity index (χ0n) is 18.3. The summed E-state index contributed by atoms with van der Waals surface area (Å²) in [6, 6.07) is 21.2. The first-order valence-corrected chi connectivity index (χ1v) is 10.9. The molecular formula is C26H26FN3O3. The Kier molecular flexibility index (Phi) is 7.00. The van der Waals surface area contributed by atoms with Crippen LogP contribution in [0.3, 0.4) is 0 Å². The highest BCUT2D eigenvalue weighted by Crippen LogP contribution is 2.30. The molecule has 2 N–H and O–H groups in total. The van der Waals surface area contributed by atoms with Gasteiger partial charge in [-0.2, -0.15) is 5.10 Å². The average Bonchev–Trinajstić information content (AvgIpc) is 3.26. The second-order valence-corrected chi connectivity index (χ2v) is 7.82. The Labute approximate surface area is 191 Å². The van der Waals surface area contributed by atoms with Gasteiger partial charge < -0.3 is 15.2 Å². The van der Waals surface area contributed by atoms with E-state index in [0.717, 1.165) is 28.6 Å². The highest BCUT2D eigenvalue weighted by Gasteiger charge is 2.26. The number of benzene rings is 3. The molecule has 1 heterocycles. The average molecular weight is 448 g/mol. The van der Waals surface area contributed by atoms with Gasteiger partial charge >= 0.3 is 0 Å². The molecule has 0 bridgehead atoms. The molecule has 0 fully saturated rings. The number of hydrogen-bond donors (Lipinski definition) is 2. The number of fused-ring (bicyclic) bond motifs is 1. The lowest BCUT2D eigenvalue weighted by Crippen LogP contribution is -2.42. The quantitative estimate of drug-likeness (QED) is 0.394. The van der Waals surface area contributed by atoms with Crippen LogP contribution in [0.15, 0.2) is 79.0 Å². The normalized spacial score (nSPS) is 12.9. The third-order valence-electron chi connectivity index (χ3n) is 5.46. The van der Waals surface area contributed by atoms with Crippen molar-refractivity contribution in [1.82, 2.24) is 15.1 Å². The molecule has 0 saturated heterocycles. The van der Waals surface area contributed by atoms with Crippen LogP contribution in [0.25, 0.3) is 16.6 Å². The Balaban J connectivity index is 1.66. The van der Waals surface area contributed by atoms with Gasteiger partial charge in [-0.1, -0.05) is 43.7 Å². The number of nitrogens with one attached hydrogen (secondary N) is 1. The Morgan fingerprint density at radius 3 is 2.58 bits per heavy atom. The van der Waals surface area contributed by atoms with E-state index in [2.05, 4.69) is 10.4 Å². The van der Waals surface area contributed by atoms with Gasteiger partial charge in [0, 0.05) is 5.39 Å². The van der Waals surface area contributed by atoms with Crippen molar-refractivity contribution in [2.24, 2.45) is 0 Å². The highest BCUT2D eigenvalue weighted by molar-refractivity contribution is 5.81. The molecule has 0 spiro atoms. The number of aromatic nitrogens is 2. The summed E-state index contributed by atoms with van der Waals surface area (Å²) in [6.45, 7) is 1.46. The van der Waals surface area contributed by atoms with Crippen LogP contribution in [0.5, 0.6) is 5.75 Å². The number of ether oxygens (including phenoxy) is 1. The van der Waals surface area contributed by atoms with Gasteiger partial charge in [0.15, 0.2) is 0 Å². The smallest absolute Gasteiger partial charge is 0.246 e. The molecule has 6 nitrogen and oxygen atoms in total. The third-order valence-corrected chi connectivity index (χ3v) is 5.46. The van der Waals surface area contributed by atoms with Gasteiger partial charge in [-0.3, -0.25) is 4.79 Å². The summed E-state index contributed by atoms with van der Waals surface area (Å²) in [5.41, 5.74) is 2.55. The maximum absolute atomic E-state index is 13.3. The fourth-order valence-electron chi connectivity index (χ4n) is 3.91. The molecule has 4 aromatic rings. The van der Waals surface area contributed by atoms with Crippen molar-refractivity contribution in [2.45, 2.75) is 31.9 Å². The van der Waals surface area contributed by atoms with Crippen LogP contribution >= 0.6 is 0 Å². The molecule has 33 heavy (non-hydrogen) atoms. The number of halogens is 1. The lowest BCUT2D eigenvalue weighted by Gasteiger charge is -2.29. The zero-order valence-corrected chi connectivity index (χ0v) is 18.3. The number of aliphatic hydroxyl groups is 1. The van der Waals surface area contributed by atoms with Crippen LogP contribution < -0.4 is 10.1 Å². The topological polar surface area (TPSA) is 76.4 Å². The van der Waals surface area contributed by atoms with E-state index in [-0.39, 0.29) is 11.9 Å². The minimum absolute atomic E-state index is 0.298. The zero-order chi connectivity index (χ0) is 23.2. The van der Waals surface area contributed by atoms with Gasteiger partial charge in [0.25, 0.3) is 0 Å². The second-order valence-electron chi connectivity index (χ2n) is 7.82. The van der Waals surface area contributed by atoms with Gasteiger partial charge in [0.2, 0.25) is 5.91 Å². The van der Waals surface area contributed by atoms with E-state index >= 15 is 0 Å². The summed E-state index contributed by atoms with van der Waals surface area (Å²) in [5.74, 6) is -0.101. The molecule has 1 amide bonds. The summed E-state index contributed by atoms with van der Waals surface area (Å²) in [5, 5.41) is 17.4. The number of carbonyl (C=O) groups is 1. The SMILES string of the molecule is CCC[C@H](NC(=O)CO)[C@H](Oc1ccc2c(cnn2-c2ccc(F)cc2)c1)c1ccccc1. The molecule has 1 aromatic heterocycles. The van der Waals surface area contributed by atoms with Crippen LogP contribution in [-0.2, 0) is 4.79 Å². The summed E-state index contributed by atoms with van der Waals surface area (Å²) in [6.07, 6.45) is 2.83. The molecule has 7 heteroatoms. The minimum atomic E-state index is -0.573. The van der Waals surface area contributed by atoms with E-state index in [1.807, 2.05) is 55.5 Å². The highest BCUT2D eigenvalue weighted by atomic mass is 19.1. The summed E-state index contributed by atoms with van der Waals surface area (Å²) < 4.78 is 21.5. The number of nitrogens with zero attached hydrogens (tertiary/aromatic N) is 2. The first kappa shape index (κ1) is 22.5. The largest absolute Gasteiger partial charge is 0.484 e. The third kappa shape index (κ3) is 5.21. The van der Waals surface area contributed by atoms with Gasteiger partial charge in [0.1, 0.15) is 24.3 Å². The Bertz CT molecular complexity index is 1210. The van der Waals surface area contributed by atoms with Crippen molar-refractivity contribution >= 4 is 16.8 Å². The lowest BCUT2D eigenvalue weighted by molar-refractivity contribution is -0.125. The van der Waals surface area contributed by atoms with E-state index < -0.39 is 18.6 Å². The van der Waals surface area contributed by atoms with Crippen LogP contribution in [0.4, 0.5) is 4.39 Å². The molecule has 0 unspecified atom stereocenters. The minimum Gasteiger partial charge on any atom is -0.484 e. The van der Waals surface area contributed by atoms with E-state index in [9.17, 15) is 14.3 Å². The van der Waals surface area contributed by atoms with Crippen LogP contribution in [0.2, 0.25) is 0 Å². The van der Waals surface area contributed by atoms with Crippen molar-refractivity contribution in [3.63, 3.8) is 0 Å². The van der Waals surface area contributed by atoms with Crippen LogP contribution in [0.1, 0.15) is 31.4 Å². The van der Waals surface area contributed by atoms with Crippen molar-refractivity contribution in [1.29, 1.82) is 0 Å². The van der Waals surface area contributed by atoms with E-state index in [1.165, 1.54) is 12.1 Å². The Hall–Kier alpha value is -3.71. The molecule has 0 aliphatic rings. The van der Waals surface area contributed by atoms with Crippen molar-refractivity contribution in [3.8, 4) is 11.4 Å². The molecule has 0 aliphatic heterocycles. The van der Waals surface area contributed by atoms with Gasteiger partial charge in [-0.05, 0) is 54.4 Å². The first-order chi connectivity index (χ1) is 16.1. The fraction of sp³-hybridized carbons (Fsp3) is 0.231. The molecule has 0 radical (unpaired) electrons. The van der Waals surface area contributed by atoms with E-state index in [4.69, 9.17) is 4.74 Å². The van der Waals surface area contributed by atoms with Crippen LogP contribution in [0, 0.1) is 5.82 Å². The fourth-order valence-corrected chi connectivity index (χ4v) is 3.91. The number of carbonyl (C=O) groups excluding carboxylic acids is 1. The number of rotatable bonds is 9. The van der Waals surface area contributed by atoms with Gasteiger partial charge in [-0.25, -0.2) is 9.07 Å². The monoisotopic (exact) mass is 447 g/mol. The van der Waals surface area contributed by atoms with Gasteiger partial charge in [0.05, 0.1) is 23.4 Å². The Morgan fingerprint density at radius 1 is 1.12 bits per heavy atom. The first-order valence-electron chi connectivity index (χ1n) is 10.9. The molecular weight excluding hydrogens is 421 g/mol. The maximum atomic E-state index is 13.3. The lowest BCUT2D eigenvalue weighted by atomic mass is 9.98. The molecule has 0 aliphatic carbocycles. The molecule has 3 aromatic carbocycles. The Morgan fingerprint density at radius 2 is 1.88 bits per heavy atom.